The van der Waals surface area contributed by atoms with E-state index in [1.807, 2.05) is 17.3 Å². The molecule has 1 aliphatic heterocycles. The van der Waals surface area contributed by atoms with Gasteiger partial charge in [0.15, 0.2) is 0 Å². The van der Waals surface area contributed by atoms with Crippen LogP contribution in [0, 0.1) is 0 Å². The minimum Gasteiger partial charge on any atom is -0.382 e. The molecule has 0 aliphatic carbocycles. The van der Waals surface area contributed by atoms with Crippen LogP contribution < -0.4 is 5.73 Å². The SMILES string of the molecule is CCc1nccn1C[C@H]1CCCN1C(=O)c1cnc(N)cn1. The molecule has 116 valence electrons. The molecule has 22 heavy (non-hydrogen) atoms. The van der Waals surface area contributed by atoms with E-state index in [-0.39, 0.29) is 11.9 Å². The second-order valence-electron chi connectivity index (χ2n) is 5.47. The van der Waals surface area contributed by atoms with Gasteiger partial charge in [0.2, 0.25) is 0 Å². The number of rotatable bonds is 4. The van der Waals surface area contributed by atoms with E-state index in [1.165, 1.54) is 12.4 Å². The maximum atomic E-state index is 12.6. The molecule has 3 heterocycles. The highest BCUT2D eigenvalue weighted by Gasteiger charge is 2.30. The van der Waals surface area contributed by atoms with E-state index < -0.39 is 0 Å². The summed E-state index contributed by atoms with van der Waals surface area (Å²) in [7, 11) is 0. The number of nitrogens with two attached hydrogens (primary N) is 1. The molecule has 0 bridgehead atoms. The van der Waals surface area contributed by atoms with Crippen molar-refractivity contribution in [3.05, 3.63) is 36.3 Å². The van der Waals surface area contributed by atoms with Gasteiger partial charge in [0.05, 0.1) is 18.4 Å². The molecular formula is C15H20N6O. The van der Waals surface area contributed by atoms with Crippen LogP contribution in [-0.2, 0) is 13.0 Å². The largest absolute Gasteiger partial charge is 0.382 e. The highest BCUT2D eigenvalue weighted by atomic mass is 16.2. The molecular weight excluding hydrogens is 280 g/mol. The van der Waals surface area contributed by atoms with E-state index in [9.17, 15) is 4.79 Å². The zero-order valence-electron chi connectivity index (χ0n) is 12.6. The molecule has 1 atom stereocenters. The Balaban J connectivity index is 1.75. The minimum absolute atomic E-state index is 0.0758. The monoisotopic (exact) mass is 300 g/mol. The predicted molar refractivity (Wildman–Crippen MR) is 82.1 cm³/mol. The van der Waals surface area contributed by atoms with Crippen molar-refractivity contribution in [2.45, 2.75) is 38.8 Å². The van der Waals surface area contributed by atoms with Gasteiger partial charge in [-0.2, -0.15) is 0 Å². The molecule has 0 spiro atoms. The average molecular weight is 300 g/mol. The number of amides is 1. The first kappa shape index (κ1) is 14.5. The Bertz CT molecular complexity index is 650. The summed E-state index contributed by atoms with van der Waals surface area (Å²) < 4.78 is 2.13. The molecule has 1 saturated heterocycles. The van der Waals surface area contributed by atoms with E-state index in [2.05, 4.69) is 26.4 Å². The fraction of sp³-hybridized carbons (Fsp3) is 0.467. The fourth-order valence-electron chi connectivity index (χ4n) is 2.94. The normalized spacial score (nSPS) is 17.9. The van der Waals surface area contributed by atoms with Crippen molar-refractivity contribution in [3.8, 4) is 0 Å². The molecule has 1 aliphatic rings. The fourth-order valence-corrected chi connectivity index (χ4v) is 2.94. The number of hydrogen-bond donors (Lipinski definition) is 1. The molecule has 7 nitrogen and oxygen atoms in total. The number of carbonyl (C=O) groups is 1. The van der Waals surface area contributed by atoms with Crippen LogP contribution in [0.1, 0.15) is 36.1 Å². The first-order chi connectivity index (χ1) is 10.7. The van der Waals surface area contributed by atoms with Gasteiger partial charge in [-0.25, -0.2) is 15.0 Å². The van der Waals surface area contributed by atoms with Gasteiger partial charge < -0.3 is 15.2 Å². The quantitative estimate of drug-likeness (QED) is 0.914. The summed E-state index contributed by atoms with van der Waals surface area (Å²) in [6.07, 6.45) is 9.54. The van der Waals surface area contributed by atoms with Gasteiger partial charge in [0.1, 0.15) is 17.3 Å². The maximum absolute atomic E-state index is 12.6. The van der Waals surface area contributed by atoms with Crippen molar-refractivity contribution in [2.24, 2.45) is 0 Å². The summed E-state index contributed by atoms with van der Waals surface area (Å²) in [6, 6.07) is 0.173. The van der Waals surface area contributed by atoms with E-state index in [0.717, 1.165) is 38.2 Å². The smallest absolute Gasteiger partial charge is 0.274 e. The summed E-state index contributed by atoms with van der Waals surface area (Å²) >= 11 is 0. The summed E-state index contributed by atoms with van der Waals surface area (Å²) in [4.78, 5) is 26.9. The highest BCUT2D eigenvalue weighted by Crippen LogP contribution is 2.21. The van der Waals surface area contributed by atoms with Crippen molar-refractivity contribution in [2.75, 3.05) is 12.3 Å². The predicted octanol–water partition coefficient (Wildman–Crippen LogP) is 1.12. The molecule has 0 saturated carbocycles. The molecule has 7 heteroatoms. The third-order valence-electron chi connectivity index (χ3n) is 4.05. The number of aromatic nitrogens is 4. The Morgan fingerprint density at radius 3 is 2.95 bits per heavy atom. The van der Waals surface area contributed by atoms with Gasteiger partial charge in [0.25, 0.3) is 5.91 Å². The number of anilines is 1. The molecule has 3 rings (SSSR count). The zero-order valence-corrected chi connectivity index (χ0v) is 12.6. The Hall–Kier alpha value is -2.44. The van der Waals surface area contributed by atoms with E-state index in [4.69, 9.17) is 5.73 Å². The molecule has 2 aromatic heterocycles. The lowest BCUT2D eigenvalue weighted by atomic mass is 10.2. The third-order valence-corrected chi connectivity index (χ3v) is 4.05. The number of hydrogen-bond acceptors (Lipinski definition) is 5. The van der Waals surface area contributed by atoms with Gasteiger partial charge in [-0.05, 0) is 12.8 Å². The van der Waals surface area contributed by atoms with Crippen LogP contribution in [0.15, 0.2) is 24.8 Å². The number of aryl methyl sites for hydroxylation is 1. The molecule has 0 unspecified atom stereocenters. The zero-order chi connectivity index (χ0) is 15.5. The molecule has 2 N–H and O–H groups in total. The summed E-state index contributed by atoms with van der Waals surface area (Å²) in [5, 5.41) is 0. The van der Waals surface area contributed by atoms with Crippen LogP contribution >= 0.6 is 0 Å². The van der Waals surface area contributed by atoms with Crippen molar-refractivity contribution in [1.29, 1.82) is 0 Å². The van der Waals surface area contributed by atoms with Crippen LogP contribution in [0.2, 0.25) is 0 Å². The van der Waals surface area contributed by atoms with Crippen LogP contribution in [-0.4, -0.2) is 42.9 Å². The number of likely N-dealkylation sites (tertiary alicyclic amines) is 1. The average Bonchev–Trinajstić information content (AvgIpc) is 3.17. The van der Waals surface area contributed by atoms with E-state index in [0.29, 0.717) is 11.5 Å². The van der Waals surface area contributed by atoms with Crippen LogP contribution in [0.25, 0.3) is 0 Å². The summed E-state index contributed by atoms with van der Waals surface area (Å²) in [6.45, 7) is 3.61. The second kappa shape index (κ2) is 6.13. The lowest BCUT2D eigenvalue weighted by molar-refractivity contribution is 0.0717. The van der Waals surface area contributed by atoms with Gasteiger partial charge >= 0.3 is 0 Å². The van der Waals surface area contributed by atoms with Crippen LogP contribution in [0.5, 0.6) is 0 Å². The lowest BCUT2D eigenvalue weighted by Crippen LogP contribution is -2.38. The number of imidazole rings is 1. The van der Waals surface area contributed by atoms with Gasteiger partial charge in [0, 0.05) is 31.9 Å². The number of nitrogen functional groups attached to an aromatic ring is 1. The molecule has 0 radical (unpaired) electrons. The highest BCUT2D eigenvalue weighted by molar-refractivity contribution is 5.92. The van der Waals surface area contributed by atoms with Crippen molar-refractivity contribution >= 4 is 11.7 Å². The van der Waals surface area contributed by atoms with Crippen molar-refractivity contribution in [3.63, 3.8) is 0 Å². The minimum atomic E-state index is -0.0758. The topological polar surface area (TPSA) is 89.9 Å². The second-order valence-corrected chi connectivity index (χ2v) is 5.47. The van der Waals surface area contributed by atoms with Crippen molar-refractivity contribution < 1.29 is 4.79 Å². The Morgan fingerprint density at radius 2 is 2.23 bits per heavy atom. The first-order valence-corrected chi connectivity index (χ1v) is 7.57. The third kappa shape index (κ3) is 2.79. The van der Waals surface area contributed by atoms with Crippen molar-refractivity contribution in [1.82, 2.24) is 24.4 Å². The van der Waals surface area contributed by atoms with Gasteiger partial charge in [-0.1, -0.05) is 6.92 Å². The van der Waals surface area contributed by atoms with E-state index >= 15 is 0 Å². The number of nitrogens with zero attached hydrogens (tertiary/aromatic N) is 5. The molecule has 2 aromatic rings. The summed E-state index contributed by atoms with van der Waals surface area (Å²) in [5.74, 6) is 1.29. The van der Waals surface area contributed by atoms with Crippen LogP contribution in [0.3, 0.4) is 0 Å². The Morgan fingerprint density at radius 1 is 1.36 bits per heavy atom. The molecule has 1 fully saturated rings. The van der Waals surface area contributed by atoms with Gasteiger partial charge in [-0.15, -0.1) is 0 Å². The molecule has 0 aromatic carbocycles. The van der Waals surface area contributed by atoms with E-state index in [1.54, 1.807) is 0 Å². The van der Waals surface area contributed by atoms with Gasteiger partial charge in [-0.3, -0.25) is 4.79 Å². The first-order valence-electron chi connectivity index (χ1n) is 7.57. The molecule has 1 amide bonds. The number of carbonyl (C=O) groups excluding carboxylic acids is 1. The van der Waals surface area contributed by atoms with Crippen LogP contribution in [0.4, 0.5) is 5.82 Å². The Kier molecular flexibility index (Phi) is 4.04. The lowest BCUT2D eigenvalue weighted by Gasteiger charge is -2.25. The standard InChI is InChI=1S/C15H20N6O/c1-2-14-17-5-7-20(14)10-11-4-3-6-21(11)15(22)12-8-19-13(16)9-18-12/h5,7-9,11H,2-4,6,10H2,1H3,(H2,16,19)/t11-/m1/s1. The Labute approximate surface area is 129 Å². The maximum Gasteiger partial charge on any atom is 0.274 e. The summed E-state index contributed by atoms with van der Waals surface area (Å²) in [5.41, 5.74) is 5.87.